The molecule has 150 valence electrons. The average Bonchev–Trinajstić information content (AvgIpc) is 3.16. The molecule has 2 aromatic carbocycles. The van der Waals surface area contributed by atoms with Crippen molar-refractivity contribution >= 4 is 22.8 Å². The van der Waals surface area contributed by atoms with Gasteiger partial charge >= 0.3 is 5.97 Å². The number of rotatable bonds is 5. The van der Waals surface area contributed by atoms with E-state index in [-0.39, 0.29) is 12.3 Å². The summed E-state index contributed by atoms with van der Waals surface area (Å²) in [6, 6.07) is 12.5. The number of para-hydroxylation sites is 1. The van der Waals surface area contributed by atoms with Crippen LogP contribution in [-0.2, 0) is 11.2 Å². The molecule has 1 aromatic heterocycles. The predicted molar refractivity (Wildman–Crippen MR) is 108 cm³/mol. The molecule has 1 aliphatic heterocycles. The number of nitrogens with zero attached hydrogens (tertiary/aromatic N) is 1. The number of aromatic nitrogens is 1. The van der Waals surface area contributed by atoms with Gasteiger partial charge in [-0.3, -0.25) is 9.59 Å². The molecule has 0 saturated carbocycles. The minimum absolute atomic E-state index is 0.186. The molecule has 0 radical (unpaired) electrons. The van der Waals surface area contributed by atoms with E-state index in [0.29, 0.717) is 30.2 Å². The molecule has 0 spiro atoms. The van der Waals surface area contributed by atoms with E-state index in [9.17, 15) is 14.7 Å². The largest absolute Gasteiger partial charge is 0.493 e. The molecular weight excluding hydrogens is 372 g/mol. The number of carbonyl (C=O) groups is 2. The lowest BCUT2D eigenvalue weighted by molar-refractivity contribution is -0.138. The fourth-order valence-electron chi connectivity index (χ4n) is 4.00. The van der Waals surface area contributed by atoms with Crippen LogP contribution < -0.4 is 9.47 Å². The van der Waals surface area contributed by atoms with Gasteiger partial charge in [-0.05, 0) is 41.8 Å². The second-order valence-electron chi connectivity index (χ2n) is 7.04. The zero-order valence-electron chi connectivity index (χ0n) is 16.3. The lowest BCUT2D eigenvalue weighted by Gasteiger charge is -2.37. The molecular formula is C22H22N2O5. The highest BCUT2D eigenvalue weighted by molar-refractivity contribution is 5.98. The summed E-state index contributed by atoms with van der Waals surface area (Å²) in [4.78, 5) is 29.7. The van der Waals surface area contributed by atoms with Gasteiger partial charge in [-0.25, -0.2) is 0 Å². The van der Waals surface area contributed by atoms with E-state index in [1.54, 1.807) is 24.1 Å². The zero-order chi connectivity index (χ0) is 20.5. The maximum Gasteiger partial charge on any atom is 0.305 e. The minimum atomic E-state index is -0.966. The average molecular weight is 394 g/mol. The normalized spacial score (nSPS) is 15.8. The summed E-state index contributed by atoms with van der Waals surface area (Å²) in [5.74, 6) is -0.0720. The Balaban J connectivity index is 1.75. The third-order valence-electron chi connectivity index (χ3n) is 5.39. The van der Waals surface area contributed by atoms with Gasteiger partial charge in [0.1, 0.15) is 5.69 Å². The van der Waals surface area contributed by atoms with E-state index >= 15 is 0 Å². The number of aliphatic carboxylic acids is 1. The molecule has 3 aromatic rings. The standard InChI is InChI=1S/C22H22N2O5/c1-28-19-10-13-7-8-24(18(12-21(25)26)15(13)11-20(19)29-2)22(27)17-9-14-5-3-4-6-16(14)23-17/h3-6,9-11,18,23H,7-8,12H2,1-2H3,(H,25,26). The highest BCUT2D eigenvalue weighted by Gasteiger charge is 2.34. The van der Waals surface area contributed by atoms with Gasteiger partial charge in [-0.15, -0.1) is 0 Å². The lowest BCUT2D eigenvalue weighted by Crippen LogP contribution is -2.41. The number of benzene rings is 2. The van der Waals surface area contributed by atoms with Crippen LogP contribution in [0, 0.1) is 0 Å². The summed E-state index contributed by atoms with van der Waals surface area (Å²) in [6.07, 6.45) is 0.423. The molecule has 0 bridgehead atoms. The number of carboxylic acids is 1. The number of fused-ring (bicyclic) bond motifs is 2. The van der Waals surface area contributed by atoms with Crippen molar-refractivity contribution in [1.29, 1.82) is 0 Å². The van der Waals surface area contributed by atoms with Gasteiger partial charge in [0.15, 0.2) is 11.5 Å². The molecule has 0 aliphatic carbocycles. The monoisotopic (exact) mass is 394 g/mol. The number of carbonyl (C=O) groups excluding carboxylic acids is 1. The fourth-order valence-corrected chi connectivity index (χ4v) is 4.00. The molecule has 1 amide bonds. The van der Waals surface area contributed by atoms with Gasteiger partial charge in [0.25, 0.3) is 5.91 Å². The van der Waals surface area contributed by atoms with Crippen molar-refractivity contribution in [2.45, 2.75) is 18.9 Å². The van der Waals surface area contributed by atoms with Crippen LogP contribution in [0.4, 0.5) is 0 Å². The summed E-state index contributed by atoms with van der Waals surface area (Å²) in [6.45, 7) is 0.425. The van der Waals surface area contributed by atoms with E-state index < -0.39 is 12.0 Å². The molecule has 1 aliphatic rings. The summed E-state index contributed by atoms with van der Waals surface area (Å²) in [5.41, 5.74) is 3.07. The van der Waals surface area contributed by atoms with Crippen molar-refractivity contribution in [3.05, 3.63) is 59.3 Å². The Morgan fingerprint density at radius 3 is 2.55 bits per heavy atom. The van der Waals surface area contributed by atoms with Crippen LogP contribution in [-0.4, -0.2) is 47.6 Å². The smallest absolute Gasteiger partial charge is 0.305 e. The van der Waals surface area contributed by atoms with E-state index in [0.717, 1.165) is 22.0 Å². The van der Waals surface area contributed by atoms with Crippen LogP contribution in [0.25, 0.3) is 10.9 Å². The zero-order valence-corrected chi connectivity index (χ0v) is 16.3. The first kappa shape index (κ1) is 18.9. The van der Waals surface area contributed by atoms with E-state index in [1.165, 1.54) is 7.11 Å². The second kappa shape index (κ2) is 7.50. The Hall–Kier alpha value is -3.48. The lowest BCUT2D eigenvalue weighted by atomic mass is 9.89. The SMILES string of the molecule is COc1cc2c(cc1OC)C(CC(=O)O)N(C(=O)c1cc3ccccc3[nH]1)CC2. The molecule has 2 heterocycles. The summed E-state index contributed by atoms with van der Waals surface area (Å²) in [5, 5.41) is 10.4. The first-order valence-electron chi connectivity index (χ1n) is 9.37. The molecule has 1 atom stereocenters. The number of nitrogens with one attached hydrogen (secondary N) is 1. The Morgan fingerprint density at radius 2 is 1.86 bits per heavy atom. The van der Waals surface area contributed by atoms with Crippen LogP contribution >= 0.6 is 0 Å². The third kappa shape index (κ3) is 3.40. The van der Waals surface area contributed by atoms with Crippen molar-refractivity contribution < 1.29 is 24.2 Å². The molecule has 0 saturated heterocycles. The van der Waals surface area contributed by atoms with Crippen LogP contribution in [0.15, 0.2) is 42.5 Å². The van der Waals surface area contributed by atoms with E-state index in [2.05, 4.69) is 4.98 Å². The van der Waals surface area contributed by atoms with Gasteiger partial charge in [0.05, 0.1) is 26.7 Å². The fraction of sp³-hybridized carbons (Fsp3) is 0.273. The van der Waals surface area contributed by atoms with Crippen molar-refractivity contribution in [3.8, 4) is 11.5 Å². The number of hydrogen-bond acceptors (Lipinski definition) is 4. The Morgan fingerprint density at radius 1 is 1.14 bits per heavy atom. The molecule has 7 heteroatoms. The number of hydrogen-bond donors (Lipinski definition) is 2. The van der Waals surface area contributed by atoms with Gasteiger partial charge in [0, 0.05) is 17.4 Å². The van der Waals surface area contributed by atoms with Crippen molar-refractivity contribution in [2.75, 3.05) is 20.8 Å². The Labute approximate surface area is 167 Å². The molecule has 7 nitrogen and oxygen atoms in total. The van der Waals surface area contributed by atoms with Crippen LogP contribution in [0.5, 0.6) is 11.5 Å². The van der Waals surface area contributed by atoms with E-state index in [4.69, 9.17) is 9.47 Å². The molecule has 2 N–H and O–H groups in total. The number of methoxy groups -OCH3 is 2. The van der Waals surface area contributed by atoms with Crippen molar-refractivity contribution in [2.24, 2.45) is 0 Å². The minimum Gasteiger partial charge on any atom is -0.493 e. The highest BCUT2D eigenvalue weighted by Crippen LogP contribution is 2.40. The molecule has 29 heavy (non-hydrogen) atoms. The first-order chi connectivity index (χ1) is 14.0. The Bertz CT molecular complexity index is 1050. The Kier molecular flexibility index (Phi) is 4.88. The topological polar surface area (TPSA) is 91.9 Å². The van der Waals surface area contributed by atoms with Crippen LogP contribution in [0.1, 0.15) is 34.1 Å². The summed E-state index contributed by atoms with van der Waals surface area (Å²) < 4.78 is 10.8. The molecule has 4 rings (SSSR count). The number of aromatic amines is 1. The van der Waals surface area contributed by atoms with Gasteiger partial charge in [0.2, 0.25) is 0 Å². The van der Waals surface area contributed by atoms with Crippen molar-refractivity contribution in [3.63, 3.8) is 0 Å². The van der Waals surface area contributed by atoms with Gasteiger partial charge in [-0.1, -0.05) is 18.2 Å². The number of ether oxygens (including phenoxy) is 2. The first-order valence-corrected chi connectivity index (χ1v) is 9.37. The quantitative estimate of drug-likeness (QED) is 0.692. The molecule has 1 unspecified atom stereocenters. The third-order valence-corrected chi connectivity index (χ3v) is 5.39. The predicted octanol–water partition coefficient (Wildman–Crippen LogP) is 3.40. The van der Waals surface area contributed by atoms with E-state index in [1.807, 2.05) is 30.3 Å². The maximum absolute atomic E-state index is 13.3. The van der Waals surface area contributed by atoms with Gasteiger partial charge in [-0.2, -0.15) is 0 Å². The maximum atomic E-state index is 13.3. The number of carboxylic acid groups (broad SMARTS) is 1. The second-order valence-corrected chi connectivity index (χ2v) is 7.04. The van der Waals surface area contributed by atoms with Gasteiger partial charge < -0.3 is 24.5 Å². The summed E-state index contributed by atoms with van der Waals surface area (Å²) >= 11 is 0. The van der Waals surface area contributed by atoms with Crippen molar-refractivity contribution in [1.82, 2.24) is 9.88 Å². The number of H-pyrrole nitrogens is 1. The van der Waals surface area contributed by atoms with Crippen LogP contribution in [0.2, 0.25) is 0 Å². The highest BCUT2D eigenvalue weighted by atomic mass is 16.5. The summed E-state index contributed by atoms with van der Waals surface area (Å²) in [7, 11) is 3.10. The molecule has 0 fully saturated rings. The van der Waals surface area contributed by atoms with Crippen LogP contribution in [0.3, 0.4) is 0 Å². The number of amides is 1.